The van der Waals surface area contributed by atoms with Gasteiger partial charge in [-0.25, -0.2) is 4.57 Å². The molecule has 54 heavy (non-hydrogen) atoms. The van der Waals surface area contributed by atoms with Crippen LogP contribution in [0.3, 0.4) is 0 Å². The SMILES string of the molecule is CC/C=C\C/C=C\C/C=C\C/C=C\C/C=C\C/C=C\CCC(=O)O[C@H](COC(=O)CCCCCCCCCCCCCC)COP(=O)(O)OC[C@@H](O)CO. The van der Waals surface area contributed by atoms with Crippen LogP contribution in [0.5, 0.6) is 0 Å². The van der Waals surface area contributed by atoms with E-state index in [1.165, 1.54) is 51.4 Å². The lowest BCUT2D eigenvalue weighted by atomic mass is 10.0. The van der Waals surface area contributed by atoms with E-state index in [2.05, 4.69) is 79.1 Å². The Morgan fingerprint density at radius 1 is 0.574 bits per heavy atom. The monoisotopic (exact) mass is 780 g/mol. The number of esters is 2. The normalized spacial score (nSPS) is 14.7. The molecule has 0 fully saturated rings. The lowest BCUT2D eigenvalue weighted by Crippen LogP contribution is -2.29. The van der Waals surface area contributed by atoms with Gasteiger partial charge in [-0.1, -0.05) is 157 Å². The zero-order chi connectivity index (χ0) is 39.8. The van der Waals surface area contributed by atoms with E-state index in [4.69, 9.17) is 19.1 Å². The van der Waals surface area contributed by atoms with Gasteiger partial charge < -0.3 is 24.6 Å². The van der Waals surface area contributed by atoms with Gasteiger partial charge in [0.2, 0.25) is 0 Å². The van der Waals surface area contributed by atoms with Gasteiger partial charge in [-0.3, -0.25) is 18.6 Å². The van der Waals surface area contributed by atoms with Crippen molar-refractivity contribution < 1.29 is 47.8 Å². The Labute approximate surface area is 327 Å². The second kappa shape index (κ2) is 38.7. The van der Waals surface area contributed by atoms with Crippen LogP contribution in [0, 0.1) is 0 Å². The van der Waals surface area contributed by atoms with Crippen LogP contribution in [0.25, 0.3) is 0 Å². The molecule has 3 N–H and O–H groups in total. The maximum atomic E-state index is 12.5. The quantitative estimate of drug-likeness (QED) is 0.0241. The van der Waals surface area contributed by atoms with Crippen LogP contribution in [0.2, 0.25) is 0 Å². The highest BCUT2D eigenvalue weighted by Crippen LogP contribution is 2.43. The first kappa shape index (κ1) is 51.4. The standard InChI is InChI=1S/C43H73O10P/c1-3-5-7-9-11-13-15-17-18-19-20-21-22-23-25-27-29-31-33-35-43(47)53-41(39-52-54(48,49)51-37-40(45)36-44)38-50-42(46)34-32-30-28-26-24-16-14-12-10-8-6-4-2/h5,7,11,13,17-18,20-21,23,25,29,31,40-41,44-45H,3-4,6,8-10,12,14-16,19,22,24,26-28,30,32-39H2,1-2H3,(H,48,49)/b7-5-,13-11-,18-17-,21-20-,25-23-,31-29-/t40-,41+/m0/s1. The van der Waals surface area contributed by atoms with Crippen molar-refractivity contribution in [3.63, 3.8) is 0 Å². The number of hydrogen-bond donors (Lipinski definition) is 3. The van der Waals surface area contributed by atoms with Gasteiger partial charge in [-0.05, 0) is 51.4 Å². The van der Waals surface area contributed by atoms with Crippen molar-refractivity contribution in [1.82, 2.24) is 0 Å². The summed E-state index contributed by atoms with van der Waals surface area (Å²) in [5.41, 5.74) is 0. The number of carbonyl (C=O) groups is 2. The van der Waals surface area contributed by atoms with E-state index in [9.17, 15) is 24.2 Å². The minimum absolute atomic E-state index is 0.0570. The number of phosphoric acid groups is 1. The van der Waals surface area contributed by atoms with E-state index >= 15 is 0 Å². The van der Waals surface area contributed by atoms with Gasteiger partial charge in [0.15, 0.2) is 6.10 Å². The van der Waals surface area contributed by atoms with Crippen molar-refractivity contribution >= 4 is 19.8 Å². The Kier molecular flexibility index (Phi) is 36.8. The Bertz CT molecular complexity index is 1130. The van der Waals surface area contributed by atoms with Gasteiger partial charge in [0, 0.05) is 12.8 Å². The van der Waals surface area contributed by atoms with Gasteiger partial charge >= 0.3 is 19.8 Å². The fourth-order valence-corrected chi connectivity index (χ4v) is 5.81. The van der Waals surface area contributed by atoms with Crippen LogP contribution in [-0.2, 0) is 32.7 Å². The first-order chi connectivity index (χ1) is 26.2. The van der Waals surface area contributed by atoms with Crippen LogP contribution < -0.4 is 0 Å². The van der Waals surface area contributed by atoms with Crippen LogP contribution in [0.15, 0.2) is 72.9 Å². The molecule has 0 rings (SSSR count). The molecule has 10 nitrogen and oxygen atoms in total. The number of hydrogen-bond acceptors (Lipinski definition) is 9. The molecule has 3 atom stereocenters. The first-order valence-corrected chi connectivity index (χ1v) is 21.9. The average molecular weight is 781 g/mol. The molecule has 0 aromatic rings. The third-order valence-corrected chi connectivity index (χ3v) is 9.09. The summed E-state index contributed by atoms with van der Waals surface area (Å²) in [7, 11) is -4.64. The molecule has 1 unspecified atom stereocenters. The van der Waals surface area contributed by atoms with Crippen LogP contribution in [-0.4, -0.2) is 65.7 Å². The summed E-state index contributed by atoms with van der Waals surface area (Å²) < 4.78 is 32.5. The fourth-order valence-electron chi connectivity index (χ4n) is 5.02. The van der Waals surface area contributed by atoms with E-state index in [-0.39, 0.29) is 19.4 Å². The highest BCUT2D eigenvalue weighted by atomic mass is 31.2. The second-order valence-corrected chi connectivity index (χ2v) is 14.7. The Balaban J connectivity index is 4.48. The molecule has 0 spiro atoms. The fraction of sp³-hybridized carbons (Fsp3) is 0.674. The molecule has 0 saturated heterocycles. The highest BCUT2D eigenvalue weighted by molar-refractivity contribution is 7.47. The molecule has 11 heteroatoms. The van der Waals surface area contributed by atoms with E-state index in [0.29, 0.717) is 12.8 Å². The van der Waals surface area contributed by atoms with Crippen molar-refractivity contribution in [2.75, 3.05) is 26.4 Å². The van der Waals surface area contributed by atoms with Crippen molar-refractivity contribution in [2.24, 2.45) is 0 Å². The Morgan fingerprint density at radius 2 is 1.02 bits per heavy atom. The molecule has 0 aliphatic rings. The number of aliphatic hydroxyl groups is 2. The summed E-state index contributed by atoms with van der Waals surface area (Å²) in [6.07, 6.45) is 43.1. The van der Waals surface area contributed by atoms with Gasteiger partial charge in [0.1, 0.15) is 12.7 Å². The minimum atomic E-state index is -4.64. The number of phosphoric ester groups is 1. The topological polar surface area (TPSA) is 149 Å². The van der Waals surface area contributed by atoms with E-state index in [1.54, 1.807) is 0 Å². The lowest BCUT2D eigenvalue weighted by Gasteiger charge is -2.20. The molecule has 0 amide bonds. The molecule has 0 aliphatic carbocycles. The van der Waals surface area contributed by atoms with E-state index in [1.807, 2.05) is 12.2 Å². The minimum Gasteiger partial charge on any atom is -0.462 e. The zero-order valence-electron chi connectivity index (χ0n) is 33.4. The summed E-state index contributed by atoms with van der Waals surface area (Å²) in [5, 5.41) is 18.3. The number of rotatable bonds is 37. The third-order valence-electron chi connectivity index (χ3n) is 8.14. The molecule has 310 valence electrons. The smallest absolute Gasteiger partial charge is 0.462 e. The molecule has 0 bridgehead atoms. The lowest BCUT2D eigenvalue weighted by molar-refractivity contribution is -0.161. The molecular weight excluding hydrogens is 707 g/mol. The van der Waals surface area contributed by atoms with Crippen LogP contribution in [0.1, 0.15) is 149 Å². The molecule has 0 aromatic carbocycles. The maximum absolute atomic E-state index is 12.5. The van der Waals surface area contributed by atoms with Crippen molar-refractivity contribution in [1.29, 1.82) is 0 Å². The van der Waals surface area contributed by atoms with Crippen molar-refractivity contribution in [3.8, 4) is 0 Å². The number of carbonyl (C=O) groups excluding carboxylic acids is 2. The van der Waals surface area contributed by atoms with E-state index < -0.39 is 51.8 Å². The largest absolute Gasteiger partial charge is 0.472 e. The molecule has 0 aromatic heterocycles. The number of ether oxygens (including phenoxy) is 2. The first-order valence-electron chi connectivity index (χ1n) is 20.4. The molecule has 0 aliphatic heterocycles. The number of unbranched alkanes of at least 4 members (excludes halogenated alkanes) is 11. The van der Waals surface area contributed by atoms with Gasteiger partial charge in [0.05, 0.1) is 19.8 Å². The molecule has 0 heterocycles. The Hall–Kier alpha value is -2.59. The van der Waals surface area contributed by atoms with Gasteiger partial charge in [-0.15, -0.1) is 0 Å². The predicted octanol–water partition coefficient (Wildman–Crippen LogP) is 10.5. The predicted molar refractivity (Wildman–Crippen MR) is 219 cm³/mol. The summed E-state index contributed by atoms with van der Waals surface area (Å²) in [4.78, 5) is 34.8. The summed E-state index contributed by atoms with van der Waals surface area (Å²) in [5.74, 6) is -1.03. The molecule has 0 radical (unpaired) electrons. The zero-order valence-corrected chi connectivity index (χ0v) is 34.3. The molecular formula is C43H73O10P. The number of allylic oxidation sites excluding steroid dienone is 12. The van der Waals surface area contributed by atoms with Gasteiger partial charge in [-0.2, -0.15) is 0 Å². The van der Waals surface area contributed by atoms with Crippen LogP contribution in [0.4, 0.5) is 0 Å². The average Bonchev–Trinajstić information content (AvgIpc) is 3.16. The summed E-state index contributed by atoms with van der Waals surface area (Å²) >= 11 is 0. The van der Waals surface area contributed by atoms with Crippen LogP contribution >= 0.6 is 7.82 Å². The van der Waals surface area contributed by atoms with Crippen molar-refractivity contribution in [2.45, 2.75) is 161 Å². The summed E-state index contributed by atoms with van der Waals surface area (Å²) in [6.45, 7) is 2.16. The third kappa shape index (κ3) is 37.7. The van der Waals surface area contributed by atoms with Crippen molar-refractivity contribution in [3.05, 3.63) is 72.9 Å². The second-order valence-electron chi connectivity index (χ2n) is 13.3. The number of aliphatic hydroxyl groups excluding tert-OH is 2. The maximum Gasteiger partial charge on any atom is 0.472 e. The molecule has 0 saturated carbocycles. The van der Waals surface area contributed by atoms with Gasteiger partial charge in [0.25, 0.3) is 0 Å². The van der Waals surface area contributed by atoms with E-state index in [0.717, 1.165) is 57.8 Å². The highest BCUT2D eigenvalue weighted by Gasteiger charge is 2.27. The Morgan fingerprint density at radius 3 is 1.50 bits per heavy atom. The summed E-state index contributed by atoms with van der Waals surface area (Å²) in [6, 6.07) is 0.